The van der Waals surface area contributed by atoms with Crippen molar-refractivity contribution in [3.05, 3.63) is 51.9 Å². The van der Waals surface area contributed by atoms with Crippen LogP contribution in [-0.2, 0) is 11.3 Å². The van der Waals surface area contributed by atoms with Crippen LogP contribution in [0.25, 0.3) is 10.2 Å². The summed E-state index contributed by atoms with van der Waals surface area (Å²) >= 11 is 3.10. The lowest BCUT2D eigenvalue weighted by atomic mass is 10.2. The molecule has 0 aliphatic carbocycles. The van der Waals surface area contributed by atoms with Gasteiger partial charge in [0.2, 0.25) is 5.91 Å². The largest absolute Gasteiger partial charge is 0.351 e. The average molecular weight is 390 g/mol. The Hall–Kier alpha value is -1.99. The lowest BCUT2D eigenvalue weighted by Crippen LogP contribution is -2.30. The van der Waals surface area contributed by atoms with Crippen LogP contribution in [0, 0.1) is 26.6 Å². The Morgan fingerprint density at radius 2 is 1.92 bits per heavy atom. The molecule has 2 heterocycles. The molecule has 0 fully saturated rings. The summed E-state index contributed by atoms with van der Waals surface area (Å²) in [7, 11) is 0. The Morgan fingerprint density at radius 1 is 1.23 bits per heavy atom. The number of aromatic nitrogens is 2. The van der Waals surface area contributed by atoms with E-state index < -0.39 is 0 Å². The van der Waals surface area contributed by atoms with Crippen molar-refractivity contribution in [2.45, 2.75) is 44.5 Å². The molecular formula is C19H20FN3OS2. The van der Waals surface area contributed by atoms with E-state index in [1.807, 2.05) is 13.8 Å². The van der Waals surface area contributed by atoms with Crippen LogP contribution >= 0.6 is 23.1 Å². The Morgan fingerprint density at radius 3 is 2.62 bits per heavy atom. The first-order valence-electron chi connectivity index (χ1n) is 8.28. The molecule has 0 unspecified atom stereocenters. The third-order valence-electron chi connectivity index (χ3n) is 4.14. The number of thioether (sulfide) groups is 1. The van der Waals surface area contributed by atoms with Crippen molar-refractivity contribution in [2.75, 3.05) is 0 Å². The highest BCUT2D eigenvalue weighted by molar-refractivity contribution is 8.00. The van der Waals surface area contributed by atoms with Gasteiger partial charge in [-0.1, -0.05) is 23.9 Å². The Labute approximate surface area is 160 Å². The van der Waals surface area contributed by atoms with Crippen molar-refractivity contribution in [2.24, 2.45) is 0 Å². The molecule has 0 spiro atoms. The number of nitrogens with zero attached hydrogens (tertiary/aromatic N) is 2. The highest BCUT2D eigenvalue weighted by Crippen LogP contribution is 2.36. The van der Waals surface area contributed by atoms with E-state index in [9.17, 15) is 9.18 Å². The van der Waals surface area contributed by atoms with Gasteiger partial charge in [-0.3, -0.25) is 4.79 Å². The molecule has 26 heavy (non-hydrogen) atoms. The topological polar surface area (TPSA) is 54.9 Å². The molecule has 0 bridgehead atoms. The number of carbonyl (C=O) groups is 1. The van der Waals surface area contributed by atoms with Crippen LogP contribution in [0.2, 0.25) is 0 Å². The first kappa shape index (κ1) is 18.8. The molecule has 0 saturated heterocycles. The number of carbonyl (C=O) groups excluding carboxylic acids is 1. The fourth-order valence-corrected chi connectivity index (χ4v) is 4.77. The second-order valence-electron chi connectivity index (χ2n) is 6.14. The molecule has 4 nitrogen and oxygen atoms in total. The average Bonchev–Trinajstić information content (AvgIpc) is 2.88. The van der Waals surface area contributed by atoms with Gasteiger partial charge in [0.1, 0.15) is 21.5 Å². The van der Waals surface area contributed by atoms with E-state index in [0.717, 1.165) is 20.8 Å². The highest BCUT2D eigenvalue weighted by atomic mass is 32.2. The summed E-state index contributed by atoms with van der Waals surface area (Å²) in [6, 6.07) is 6.12. The lowest BCUT2D eigenvalue weighted by molar-refractivity contribution is -0.120. The summed E-state index contributed by atoms with van der Waals surface area (Å²) in [5, 5.41) is 4.49. The summed E-state index contributed by atoms with van der Waals surface area (Å²) in [6.07, 6.45) is 0. The summed E-state index contributed by atoms with van der Waals surface area (Å²) in [5.74, 6) is 0.349. The van der Waals surface area contributed by atoms with E-state index in [-0.39, 0.29) is 17.0 Å². The number of hydrogen-bond acceptors (Lipinski definition) is 5. The number of nitrogens with one attached hydrogen (secondary N) is 1. The SMILES string of the molecule is Cc1nc(S[C@@H](C)C(=O)NCc2ccc(F)cc2)c2c(C)c(C)sc2n1. The molecule has 0 aliphatic rings. The fraction of sp³-hybridized carbons (Fsp3) is 0.316. The molecular weight excluding hydrogens is 369 g/mol. The minimum Gasteiger partial charge on any atom is -0.351 e. The number of fused-ring (bicyclic) bond motifs is 1. The number of rotatable bonds is 5. The molecule has 1 N–H and O–H groups in total. The van der Waals surface area contributed by atoms with Crippen LogP contribution < -0.4 is 5.32 Å². The van der Waals surface area contributed by atoms with Crippen LogP contribution in [-0.4, -0.2) is 21.1 Å². The molecule has 3 rings (SSSR count). The van der Waals surface area contributed by atoms with Gasteiger partial charge in [-0.2, -0.15) is 0 Å². The number of hydrogen-bond donors (Lipinski definition) is 1. The van der Waals surface area contributed by atoms with Gasteiger partial charge < -0.3 is 5.32 Å². The Kier molecular flexibility index (Phi) is 5.58. The van der Waals surface area contributed by atoms with Crippen molar-refractivity contribution in [3.63, 3.8) is 0 Å². The number of amides is 1. The standard InChI is InChI=1S/C19H20FN3OS2/c1-10-11(2)25-18-16(10)19(23-13(4)22-18)26-12(3)17(24)21-9-14-5-7-15(20)8-6-14/h5-8,12H,9H2,1-4H3,(H,21,24)/t12-/m0/s1. The van der Waals surface area contributed by atoms with Crippen LogP contribution in [0.5, 0.6) is 0 Å². The predicted octanol–water partition coefficient (Wildman–Crippen LogP) is 4.55. The van der Waals surface area contributed by atoms with Crippen LogP contribution in [0.3, 0.4) is 0 Å². The molecule has 136 valence electrons. The number of aryl methyl sites for hydroxylation is 3. The van der Waals surface area contributed by atoms with Gasteiger partial charge in [0.05, 0.1) is 5.25 Å². The normalized spacial score (nSPS) is 12.3. The zero-order valence-corrected chi connectivity index (χ0v) is 16.7. The second kappa shape index (κ2) is 7.72. The molecule has 3 aromatic rings. The fourth-order valence-electron chi connectivity index (χ4n) is 2.56. The van der Waals surface area contributed by atoms with Gasteiger partial charge in [0.15, 0.2) is 0 Å². The number of benzene rings is 1. The van der Waals surface area contributed by atoms with E-state index in [1.165, 1.54) is 34.3 Å². The van der Waals surface area contributed by atoms with Gasteiger partial charge in [-0.15, -0.1) is 11.3 Å². The van der Waals surface area contributed by atoms with Crippen molar-refractivity contribution in [1.29, 1.82) is 0 Å². The van der Waals surface area contributed by atoms with Gasteiger partial charge in [-0.05, 0) is 51.0 Å². The van der Waals surface area contributed by atoms with Gasteiger partial charge >= 0.3 is 0 Å². The van der Waals surface area contributed by atoms with E-state index in [4.69, 9.17) is 0 Å². The zero-order valence-electron chi connectivity index (χ0n) is 15.1. The van der Waals surface area contributed by atoms with Crippen LogP contribution in [0.1, 0.15) is 28.8 Å². The van der Waals surface area contributed by atoms with Crippen LogP contribution in [0.15, 0.2) is 29.3 Å². The molecule has 7 heteroatoms. The zero-order chi connectivity index (χ0) is 18.8. The maximum absolute atomic E-state index is 12.9. The van der Waals surface area contributed by atoms with E-state index in [0.29, 0.717) is 12.4 Å². The van der Waals surface area contributed by atoms with Crippen molar-refractivity contribution >= 4 is 39.2 Å². The third-order valence-corrected chi connectivity index (χ3v) is 6.33. The maximum Gasteiger partial charge on any atom is 0.233 e. The smallest absolute Gasteiger partial charge is 0.233 e. The first-order chi connectivity index (χ1) is 12.3. The molecule has 0 radical (unpaired) electrons. The van der Waals surface area contributed by atoms with E-state index in [1.54, 1.807) is 23.5 Å². The van der Waals surface area contributed by atoms with Crippen molar-refractivity contribution in [1.82, 2.24) is 15.3 Å². The molecule has 0 saturated carbocycles. The summed E-state index contributed by atoms with van der Waals surface area (Å²) < 4.78 is 12.9. The van der Waals surface area contributed by atoms with Crippen molar-refractivity contribution in [3.8, 4) is 0 Å². The lowest BCUT2D eigenvalue weighted by Gasteiger charge is -2.13. The van der Waals surface area contributed by atoms with E-state index in [2.05, 4.69) is 29.1 Å². The van der Waals surface area contributed by atoms with Crippen LogP contribution in [0.4, 0.5) is 4.39 Å². The summed E-state index contributed by atoms with van der Waals surface area (Å²) in [5.41, 5.74) is 2.04. The highest BCUT2D eigenvalue weighted by Gasteiger charge is 2.20. The van der Waals surface area contributed by atoms with Gasteiger partial charge in [0, 0.05) is 16.8 Å². The molecule has 1 atom stereocenters. The summed E-state index contributed by atoms with van der Waals surface area (Å²) in [6.45, 7) is 8.24. The minimum absolute atomic E-state index is 0.0756. The molecule has 1 aromatic carbocycles. The molecule has 2 aromatic heterocycles. The van der Waals surface area contributed by atoms with Gasteiger partial charge in [0.25, 0.3) is 0 Å². The third kappa shape index (κ3) is 4.04. The second-order valence-corrected chi connectivity index (χ2v) is 8.68. The Bertz CT molecular complexity index is 954. The molecule has 0 aliphatic heterocycles. The number of halogens is 1. The quantitative estimate of drug-likeness (QED) is 0.514. The van der Waals surface area contributed by atoms with Gasteiger partial charge in [-0.25, -0.2) is 14.4 Å². The predicted molar refractivity (Wildman–Crippen MR) is 105 cm³/mol. The van der Waals surface area contributed by atoms with Crippen molar-refractivity contribution < 1.29 is 9.18 Å². The number of thiophene rings is 1. The Balaban J connectivity index is 1.73. The maximum atomic E-state index is 12.9. The first-order valence-corrected chi connectivity index (χ1v) is 9.98. The van der Waals surface area contributed by atoms with E-state index >= 15 is 0 Å². The minimum atomic E-state index is -0.299. The monoisotopic (exact) mass is 389 g/mol. The molecule has 1 amide bonds. The summed E-state index contributed by atoms with van der Waals surface area (Å²) in [4.78, 5) is 23.7.